The third kappa shape index (κ3) is 3.49. The van der Waals surface area contributed by atoms with Crippen LogP contribution in [0.5, 0.6) is 0 Å². The van der Waals surface area contributed by atoms with Crippen molar-refractivity contribution in [1.82, 2.24) is 9.78 Å². The third-order valence-electron chi connectivity index (χ3n) is 6.61. The molecule has 0 unspecified atom stereocenters. The van der Waals surface area contributed by atoms with Crippen LogP contribution in [-0.2, 0) is 13.2 Å². The predicted molar refractivity (Wildman–Crippen MR) is 107 cm³/mol. The molecule has 2 fully saturated rings. The second-order valence-electron chi connectivity index (χ2n) is 8.39. The van der Waals surface area contributed by atoms with E-state index in [0.717, 1.165) is 46.3 Å². The summed E-state index contributed by atoms with van der Waals surface area (Å²) in [7, 11) is 1.44. The number of nitrogens with one attached hydrogen (secondary N) is 2. The first-order valence-electron chi connectivity index (χ1n) is 9.95. The van der Waals surface area contributed by atoms with Gasteiger partial charge in [-0.15, -0.1) is 0 Å². The van der Waals surface area contributed by atoms with Crippen molar-refractivity contribution in [1.29, 1.82) is 5.41 Å². The van der Waals surface area contributed by atoms with Crippen molar-refractivity contribution in [3.05, 3.63) is 41.2 Å². The molecule has 0 saturated heterocycles. The zero-order chi connectivity index (χ0) is 20.9. The van der Waals surface area contributed by atoms with Gasteiger partial charge in [-0.3, -0.25) is 4.68 Å². The van der Waals surface area contributed by atoms with E-state index in [1.54, 1.807) is 0 Å². The second-order valence-corrected chi connectivity index (χ2v) is 8.39. The highest BCUT2D eigenvalue weighted by atomic mass is 19.4. The molecule has 2 bridgehead atoms. The summed E-state index contributed by atoms with van der Waals surface area (Å²) in [4.78, 5) is 0. The number of nitrogens with two attached hydrogens (primary N) is 1. The lowest BCUT2D eigenvalue weighted by atomic mass is 9.71. The van der Waals surface area contributed by atoms with Crippen LogP contribution in [0, 0.1) is 23.2 Å². The van der Waals surface area contributed by atoms with Crippen LogP contribution in [0.25, 0.3) is 0 Å². The van der Waals surface area contributed by atoms with Gasteiger partial charge in [0.05, 0.1) is 0 Å². The minimum Gasteiger partial charge on any atom is -0.398 e. The molecule has 2 aliphatic carbocycles. The van der Waals surface area contributed by atoms with Crippen LogP contribution in [0.3, 0.4) is 0 Å². The monoisotopic (exact) mass is 405 g/mol. The van der Waals surface area contributed by atoms with Gasteiger partial charge in [0, 0.05) is 42.4 Å². The number of hydrogen-bond acceptors (Lipinski definition) is 4. The highest BCUT2D eigenvalue weighted by molar-refractivity contribution is 6.04. The Morgan fingerprint density at radius 3 is 2.55 bits per heavy atom. The molecule has 0 spiro atoms. The number of alkyl halides is 3. The second kappa shape index (κ2) is 7.07. The van der Waals surface area contributed by atoms with Gasteiger partial charge in [-0.05, 0) is 73.6 Å². The van der Waals surface area contributed by atoms with E-state index in [1.807, 2.05) is 13.0 Å². The van der Waals surface area contributed by atoms with Crippen LogP contribution in [0.2, 0.25) is 0 Å². The predicted octanol–water partition coefficient (Wildman–Crippen LogP) is 4.65. The molecule has 156 valence electrons. The van der Waals surface area contributed by atoms with Crippen LogP contribution in [0.15, 0.2) is 24.4 Å². The number of hydrogen-bond donors (Lipinski definition) is 3. The molecule has 2 aromatic rings. The molecule has 0 radical (unpaired) electrons. The number of benzene rings is 1. The maximum absolute atomic E-state index is 11.7. The van der Waals surface area contributed by atoms with E-state index in [2.05, 4.69) is 16.5 Å². The molecule has 5 nitrogen and oxygen atoms in total. The summed E-state index contributed by atoms with van der Waals surface area (Å²) in [6.45, 7) is 2.97. The van der Waals surface area contributed by atoms with Gasteiger partial charge < -0.3 is 16.5 Å². The number of nitrogen functional groups attached to an aromatic ring is 1. The molecule has 2 saturated carbocycles. The minimum atomic E-state index is -4.32. The highest BCUT2D eigenvalue weighted by Gasteiger charge is 2.50. The van der Waals surface area contributed by atoms with Gasteiger partial charge in [0.1, 0.15) is 0 Å². The lowest BCUT2D eigenvalue weighted by Gasteiger charge is -2.39. The van der Waals surface area contributed by atoms with Gasteiger partial charge in [0.25, 0.3) is 0 Å². The van der Waals surface area contributed by atoms with E-state index in [1.165, 1.54) is 43.8 Å². The number of fused-ring (bicyclic) bond motifs is 7. The average molecular weight is 405 g/mol. The summed E-state index contributed by atoms with van der Waals surface area (Å²) in [5.74, 6) is 3.15. The van der Waals surface area contributed by atoms with Crippen molar-refractivity contribution < 1.29 is 13.2 Å². The first kappa shape index (κ1) is 19.8. The number of anilines is 2. The molecular formula is C21H26F3N5. The van der Waals surface area contributed by atoms with Gasteiger partial charge >= 0.3 is 6.18 Å². The van der Waals surface area contributed by atoms with E-state index in [4.69, 9.17) is 11.1 Å². The Morgan fingerprint density at radius 1 is 1.24 bits per heavy atom. The van der Waals surface area contributed by atoms with Crippen LogP contribution < -0.4 is 11.1 Å². The molecule has 3 aliphatic rings. The Kier molecular flexibility index (Phi) is 4.83. The lowest BCUT2D eigenvalue weighted by Crippen LogP contribution is -2.33. The Bertz CT molecular complexity index is 933. The normalized spacial score (nSPS) is 26.8. The maximum Gasteiger partial charge on any atom is 0.435 e. The van der Waals surface area contributed by atoms with E-state index in [-0.39, 0.29) is 0 Å². The fraction of sp³-hybridized carbons (Fsp3) is 0.524. The Balaban J connectivity index is 0.000000174. The number of aryl methyl sites for hydroxylation is 1. The largest absolute Gasteiger partial charge is 0.435 e. The topological polar surface area (TPSA) is 79.7 Å². The third-order valence-corrected chi connectivity index (χ3v) is 6.61. The van der Waals surface area contributed by atoms with Crippen molar-refractivity contribution in [3.63, 3.8) is 0 Å². The summed E-state index contributed by atoms with van der Waals surface area (Å²) in [6.07, 6.45) is 1.10. The number of rotatable bonds is 1. The number of halogens is 3. The summed E-state index contributed by atoms with van der Waals surface area (Å²) in [6, 6.07) is 4.99. The highest BCUT2D eigenvalue weighted by Crippen LogP contribution is 2.60. The molecule has 4 atom stereocenters. The number of aromatic nitrogens is 2. The molecule has 4 N–H and O–H groups in total. The minimum absolute atomic E-state index is 0.611. The van der Waals surface area contributed by atoms with Gasteiger partial charge in [0.15, 0.2) is 5.69 Å². The van der Waals surface area contributed by atoms with Crippen LogP contribution in [0.1, 0.15) is 48.9 Å². The first-order valence-corrected chi connectivity index (χ1v) is 9.95. The van der Waals surface area contributed by atoms with Crippen LogP contribution in [-0.4, -0.2) is 22.0 Å². The van der Waals surface area contributed by atoms with E-state index < -0.39 is 11.9 Å². The lowest BCUT2D eigenvalue weighted by molar-refractivity contribution is -0.141. The zero-order valence-corrected chi connectivity index (χ0v) is 16.6. The molecule has 2 heterocycles. The fourth-order valence-electron chi connectivity index (χ4n) is 5.50. The maximum atomic E-state index is 11.7. The first-order chi connectivity index (χ1) is 13.7. The number of nitrogens with zero attached hydrogens (tertiary/aromatic N) is 2. The van der Waals surface area contributed by atoms with Gasteiger partial charge in [-0.2, -0.15) is 18.3 Å². The van der Waals surface area contributed by atoms with Crippen molar-refractivity contribution in [3.8, 4) is 0 Å². The average Bonchev–Trinajstić information content (AvgIpc) is 3.37. The SMILES string of the molecule is CC(=N)c1c(N)ccc2c1[C@H]1[C@@H]3CC[C@@H](C3)[C@H]1CN2.Cn1ccc(C(F)(F)F)n1. The molecule has 1 aromatic heterocycles. The smallest absolute Gasteiger partial charge is 0.398 e. The molecule has 5 rings (SSSR count). The fourth-order valence-corrected chi connectivity index (χ4v) is 5.50. The van der Waals surface area contributed by atoms with E-state index in [0.29, 0.717) is 11.6 Å². The quantitative estimate of drug-likeness (QED) is 0.477. The molecule has 1 aliphatic heterocycles. The molecule has 8 heteroatoms. The van der Waals surface area contributed by atoms with E-state index >= 15 is 0 Å². The summed E-state index contributed by atoms with van der Waals surface area (Å²) in [5, 5.41) is 14.9. The van der Waals surface area contributed by atoms with Crippen molar-refractivity contribution in [2.45, 2.75) is 38.3 Å². The summed E-state index contributed by atoms with van der Waals surface area (Å²) in [5.41, 5.74) is 10.3. The molecule has 0 amide bonds. The van der Waals surface area contributed by atoms with Crippen LogP contribution >= 0.6 is 0 Å². The van der Waals surface area contributed by atoms with Crippen molar-refractivity contribution in [2.75, 3.05) is 17.6 Å². The Labute approximate surface area is 168 Å². The molecular weight excluding hydrogens is 379 g/mol. The van der Waals surface area contributed by atoms with Gasteiger partial charge in [0.2, 0.25) is 0 Å². The van der Waals surface area contributed by atoms with Gasteiger partial charge in [-0.1, -0.05) is 0 Å². The summed E-state index contributed by atoms with van der Waals surface area (Å²) >= 11 is 0. The van der Waals surface area contributed by atoms with Crippen molar-refractivity contribution >= 4 is 17.1 Å². The molecule has 29 heavy (non-hydrogen) atoms. The van der Waals surface area contributed by atoms with E-state index in [9.17, 15) is 13.2 Å². The molecule has 1 aromatic carbocycles. The Morgan fingerprint density at radius 2 is 1.97 bits per heavy atom. The standard InChI is InChI=1S/C16H21N3.C5H5F3N2/c1-8(17)14-12(18)4-5-13-16(14)15-10-3-2-9(6-10)11(15)7-19-13;1-10-3-2-4(9-10)5(6,7)8/h4-5,9-11,15,17,19H,2-3,6-7,18H2,1H3;2-3H,1H3/t9-,10+,11+,15-;/m0./s1. The van der Waals surface area contributed by atoms with Crippen LogP contribution in [0.4, 0.5) is 24.5 Å². The Hall–Kier alpha value is -2.51. The van der Waals surface area contributed by atoms with Crippen molar-refractivity contribution in [2.24, 2.45) is 24.8 Å². The zero-order valence-electron chi connectivity index (χ0n) is 16.6. The van der Waals surface area contributed by atoms with Gasteiger partial charge in [-0.25, -0.2) is 0 Å². The summed E-state index contributed by atoms with van der Waals surface area (Å²) < 4.78 is 36.3.